The molecule has 0 spiro atoms. The van der Waals surface area contributed by atoms with Gasteiger partial charge in [0.15, 0.2) is 0 Å². The summed E-state index contributed by atoms with van der Waals surface area (Å²) in [6.07, 6.45) is 1.20. The highest BCUT2D eigenvalue weighted by Crippen LogP contribution is 2.25. The first-order valence-corrected chi connectivity index (χ1v) is 8.76. The smallest absolute Gasteiger partial charge is 0.241 e. The lowest BCUT2D eigenvalue weighted by Crippen LogP contribution is -2.37. The van der Waals surface area contributed by atoms with Crippen LogP contribution in [0.2, 0.25) is 0 Å². The first-order chi connectivity index (χ1) is 9.73. The van der Waals surface area contributed by atoms with E-state index in [-0.39, 0.29) is 12.2 Å². The van der Waals surface area contributed by atoms with Crippen LogP contribution in [0.3, 0.4) is 0 Å². The van der Waals surface area contributed by atoms with E-state index >= 15 is 0 Å². The molecule has 7 heteroatoms. The second-order valence-corrected chi connectivity index (χ2v) is 7.21. The van der Waals surface area contributed by atoms with E-state index in [9.17, 15) is 13.2 Å². The lowest BCUT2D eigenvalue weighted by Gasteiger charge is -2.15. The molecule has 0 bridgehead atoms. The summed E-state index contributed by atoms with van der Waals surface area (Å²) in [6, 6.07) is 4.53. The second kappa shape index (κ2) is 7.42. The molecule has 0 aromatic heterocycles. The van der Waals surface area contributed by atoms with E-state index in [1.54, 1.807) is 6.07 Å². The number of ether oxygens (including phenoxy) is 1. The molecule has 0 aliphatic carbocycles. The zero-order valence-electron chi connectivity index (χ0n) is 12.5. The minimum Gasteiger partial charge on any atom is -0.492 e. The SMILES string of the molecule is CCOc1cc(C)ccc1NC(=O)C(N)CCS(C)(=O)=O. The number of nitrogens with one attached hydrogen (secondary N) is 1. The van der Waals surface area contributed by atoms with Crippen LogP contribution in [0.1, 0.15) is 18.9 Å². The fourth-order valence-corrected chi connectivity index (χ4v) is 2.39. The topological polar surface area (TPSA) is 98.5 Å². The predicted molar refractivity (Wildman–Crippen MR) is 83.3 cm³/mol. The Morgan fingerprint density at radius 2 is 2.10 bits per heavy atom. The Morgan fingerprint density at radius 1 is 1.43 bits per heavy atom. The predicted octanol–water partition coefficient (Wildman–Crippen LogP) is 1.09. The molecule has 21 heavy (non-hydrogen) atoms. The van der Waals surface area contributed by atoms with E-state index < -0.39 is 21.8 Å². The second-order valence-electron chi connectivity index (χ2n) is 4.95. The molecule has 0 radical (unpaired) electrons. The van der Waals surface area contributed by atoms with Crippen molar-refractivity contribution < 1.29 is 17.9 Å². The molecule has 1 unspecified atom stereocenters. The summed E-state index contributed by atoms with van der Waals surface area (Å²) in [5.41, 5.74) is 7.25. The highest BCUT2D eigenvalue weighted by atomic mass is 32.2. The maximum atomic E-state index is 12.0. The number of benzene rings is 1. The third kappa shape index (κ3) is 6.14. The van der Waals surface area contributed by atoms with Gasteiger partial charge in [-0.15, -0.1) is 0 Å². The number of rotatable bonds is 7. The number of aryl methyl sites for hydroxylation is 1. The third-order valence-corrected chi connectivity index (χ3v) is 3.81. The van der Waals surface area contributed by atoms with Crippen molar-refractivity contribution in [2.24, 2.45) is 5.73 Å². The van der Waals surface area contributed by atoms with E-state index in [4.69, 9.17) is 10.5 Å². The zero-order valence-corrected chi connectivity index (χ0v) is 13.4. The van der Waals surface area contributed by atoms with Gasteiger partial charge in [-0.25, -0.2) is 8.42 Å². The Bertz CT molecular complexity index is 599. The number of hydrogen-bond donors (Lipinski definition) is 2. The van der Waals surface area contributed by atoms with Crippen molar-refractivity contribution in [3.63, 3.8) is 0 Å². The van der Waals surface area contributed by atoms with E-state index in [0.29, 0.717) is 18.0 Å². The van der Waals surface area contributed by atoms with Gasteiger partial charge in [-0.05, 0) is 38.0 Å². The van der Waals surface area contributed by atoms with Gasteiger partial charge in [0, 0.05) is 6.26 Å². The Kier molecular flexibility index (Phi) is 6.17. The van der Waals surface area contributed by atoms with E-state index in [0.717, 1.165) is 11.8 Å². The van der Waals surface area contributed by atoms with Gasteiger partial charge in [-0.2, -0.15) is 0 Å². The maximum absolute atomic E-state index is 12.0. The van der Waals surface area contributed by atoms with Crippen molar-refractivity contribution in [2.75, 3.05) is 23.9 Å². The summed E-state index contributed by atoms with van der Waals surface area (Å²) in [5, 5.41) is 2.67. The average Bonchev–Trinajstić information content (AvgIpc) is 2.38. The summed E-state index contributed by atoms with van der Waals surface area (Å²) in [7, 11) is -3.13. The zero-order chi connectivity index (χ0) is 16.0. The molecule has 0 heterocycles. The van der Waals surface area contributed by atoms with Crippen molar-refractivity contribution in [2.45, 2.75) is 26.3 Å². The molecular formula is C14H22N2O4S. The summed E-state index contributed by atoms with van der Waals surface area (Å²) in [6.45, 7) is 4.25. The van der Waals surface area contributed by atoms with Crippen LogP contribution < -0.4 is 15.8 Å². The molecule has 3 N–H and O–H groups in total. The molecule has 0 aliphatic heterocycles. The lowest BCUT2D eigenvalue weighted by atomic mass is 10.2. The van der Waals surface area contributed by atoms with Gasteiger partial charge in [0.2, 0.25) is 5.91 Å². The van der Waals surface area contributed by atoms with Gasteiger partial charge < -0.3 is 15.8 Å². The first-order valence-electron chi connectivity index (χ1n) is 6.70. The Labute approximate surface area is 125 Å². The number of nitrogens with two attached hydrogens (primary N) is 1. The molecule has 1 aromatic rings. The van der Waals surface area contributed by atoms with Crippen LogP contribution in [-0.4, -0.2) is 39.0 Å². The van der Waals surface area contributed by atoms with Crippen LogP contribution in [0.25, 0.3) is 0 Å². The highest BCUT2D eigenvalue weighted by molar-refractivity contribution is 7.90. The van der Waals surface area contributed by atoms with Crippen molar-refractivity contribution in [1.29, 1.82) is 0 Å². The van der Waals surface area contributed by atoms with Crippen molar-refractivity contribution in [1.82, 2.24) is 0 Å². The highest BCUT2D eigenvalue weighted by Gasteiger charge is 2.17. The first kappa shape index (κ1) is 17.5. The summed E-state index contributed by atoms with van der Waals surface area (Å²) in [4.78, 5) is 12.0. The molecular weight excluding hydrogens is 292 g/mol. The molecule has 0 saturated heterocycles. The fraction of sp³-hybridized carbons (Fsp3) is 0.500. The minimum absolute atomic E-state index is 0.0838. The molecule has 0 aliphatic rings. The number of carbonyl (C=O) groups is 1. The van der Waals surface area contributed by atoms with Gasteiger partial charge in [0.1, 0.15) is 15.6 Å². The van der Waals surface area contributed by atoms with Gasteiger partial charge >= 0.3 is 0 Å². The van der Waals surface area contributed by atoms with Crippen molar-refractivity contribution in [3.8, 4) is 5.75 Å². The van der Waals surface area contributed by atoms with Crippen LogP contribution in [0.15, 0.2) is 18.2 Å². The molecule has 6 nitrogen and oxygen atoms in total. The van der Waals surface area contributed by atoms with Crippen LogP contribution in [0, 0.1) is 6.92 Å². The number of anilines is 1. The lowest BCUT2D eigenvalue weighted by molar-refractivity contribution is -0.117. The monoisotopic (exact) mass is 314 g/mol. The van der Waals surface area contributed by atoms with Gasteiger partial charge in [0.05, 0.1) is 24.1 Å². The van der Waals surface area contributed by atoms with Crippen LogP contribution in [0.5, 0.6) is 5.75 Å². The van der Waals surface area contributed by atoms with Crippen molar-refractivity contribution >= 4 is 21.4 Å². The fourth-order valence-electron chi connectivity index (χ4n) is 1.71. The summed E-state index contributed by atoms with van der Waals surface area (Å²) >= 11 is 0. The van der Waals surface area contributed by atoms with Crippen molar-refractivity contribution in [3.05, 3.63) is 23.8 Å². The largest absolute Gasteiger partial charge is 0.492 e. The van der Waals surface area contributed by atoms with Gasteiger partial charge in [0.25, 0.3) is 0 Å². The van der Waals surface area contributed by atoms with Crippen LogP contribution in [0.4, 0.5) is 5.69 Å². The number of hydrogen-bond acceptors (Lipinski definition) is 5. The van der Waals surface area contributed by atoms with E-state index in [1.807, 2.05) is 26.0 Å². The van der Waals surface area contributed by atoms with Crippen LogP contribution in [-0.2, 0) is 14.6 Å². The molecule has 118 valence electrons. The third-order valence-electron chi connectivity index (χ3n) is 2.83. The maximum Gasteiger partial charge on any atom is 0.241 e. The molecule has 1 aromatic carbocycles. The standard InChI is InChI=1S/C14H22N2O4S/c1-4-20-13-9-10(2)5-6-12(13)16-14(17)11(15)7-8-21(3,18)19/h5-6,9,11H,4,7-8,15H2,1-3H3,(H,16,17). The molecule has 1 atom stereocenters. The normalized spacial score (nSPS) is 12.8. The Hall–Kier alpha value is -1.60. The molecule has 1 amide bonds. The number of amides is 1. The summed E-state index contributed by atoms with van der Waals surface area (Å²) < 4.78 is 27.6. The molecule has 0 saturated carbocycles. The van der Waals surface area contributed by atoms with Gasteiger partial charge in [-0.3, -0.25) is 4.79 Å². The Morgan fingerprint density at radius 3 is 2.67 bits per heavy atom. The number of sulfone groups is 1. The number of carbonyl (C=O) groups excluding carboxylic acids is 1. The van der Waals surface area contributed by atoms with E-state index in [1.165, 1.54) is 0 Å². The minimum atomic E-state index is -3.13. The van der Waals surface area contributed by atoms with Gasteiger partial charge in [-0.1, -0.05) is 6.07 Å². The quantitative estimate of drug-likeness (QED) is 0.785. The summed E-state index contributed by atoms with van der Waals surface area (Å²) in [5.74, 6) is 0.0259. The molecule has 0 fully saturated rings. The molecule has 1 rings (SSSR count). The van der Waals surface area contributed by atoms with Crippen LogP contribution >= 0.6 is 0 Å². The Balaban J connectivity index is 2.74. The average molecular weight is 314 g/mol. The van der Waals surface area contributed by atoms with E-state index in [2.05, 4.69) is 5.32 Å².